The Kier molecular flexibility index (Phi) is 4.99. The summed E-state index contributed by atoms with van der Waals surface area (Å²) in [7, 11) is 0. The highest BCUT2D eigenvalue weighted by atomic mass is 35.5. The molecule has 0 spiro atoms. The average Bonchev–Trinajstić information content (AvgIpc) is 2.80. The number of hydrogen-bond acceptors (Lipinski definition) is 3. The lowest BCUT2D eigenvalue weighted by Crippen LogP contribution is -2.38. The van der Waals surface area contributed by atoms with Crippen LogP contribution in [0.1, 0.15) is 36.5 Å². The summed E-state index contributed by atoms with van der Waals surface area (Å²) >= 11 is 7.97. The quantitative estimate of drug-likeness (QED) is 0.838. The Morgan fingerprint density at radius 1 is 1.53 bits per heavy atom. The number of anilines is 1. The van der Waals surface area contributed by atoms with E-state index in [0.717, 1.165) is 12.2 Å². The molecule has 0 bridgehead atoms. The molecule has 1 aromatic rings. The first-order chi connectivity index (χ1) is 9.11. The number of hydrogen-bond donors (Lipinski definition) is 2. The standard InChI is InChI=1S/C14H19ClN2OS/c1-2-19-13-5-3-4-12(13)17-14(18)10-8-9(16)6-7-11(10)15/h6-8,12-13H,2-5,16H2,1H3,(H,17,18). The van der Waals surface area contributed by atoms with Crippen LogP contribution in [-0.2, 0) is 0 Å². The minimum Gasteiger partial charge on any atom is -0.399 e. The summed E-state index contributed by atoms with van der Waals surface area (Å²) in [6.07, 6.45) is 3.39. The zero-order valence-corrected chi connectivity index (χ0v) is 12.6. The lowest BCUT2D eigenvalue weighted by atomic mass is 10.1. The van der Waals surface area contributed by atoms with Gasteiger partial charge >= 0.3 is 0 Å². The number of nitrogen functional groups attached to an aromatic ring is 1. The molecule has 104 valence electrons. The molecule has 1 saturated carbocycles. The number of amides is 1. The predicted molar refractivity (Wildman–Crippen MR) is 82.9 cm³/mol. The molecule has 1 aromatic carbocycles. The van der Waals surface area contributed by atoms with E-state index in [-0.39, 0.29) is 11.9 Å². The Hall–Kier alpha value is -0.870. The van der Waals surface area contributed by atoms with Crippen molar-refractivity contribution in [3.8, 4) is 0 Å². The fourth-order valence-electron chi connectivity index (χ4n) is 2.47. The first kappa shape index (κ1) is 14.5. The second-order valence-corrected chi connectivity index (χ2v) is 6.67. The van der Waals surface area contributed by atoms with Gasteiger partial charge in [0.1, 0.15) is 0 Å². The summed E-state index contributed by atoms with van der Waals surface area (Å²) in [5, 5.41) is 4.07. The van der Waals surface area contributed by atoms with Crippen molar-refractivity contribution in [3.05, 3.63) is 28.8 Å². The highest BCUT2D eigenvalue weighted by Gasteiger charge is 2.29. The van der Waals surface area contributed by atoms with Crippen LogP contribution in [0.25, 0.3) is 0 Å². The number of rotatable bonds is 4. The Morgan fingerprint density at radius 3 is 3.05 bits per heavy atom. The van der Waals surface area contributed by atoms with Crippen molar-refractivity contribution in [1.29, 1.82) is 0 Å². The zero-order chi connectivity index (χ0) is 13.8. The summed E-state index contributed by atoms with van der Waals surface area (Å²) in [6.45, 7) is 2.15. The molecule has 0 aromatic heterocycles. The molecule has 0 heterocycles. The molecule has 1 aliphatic rings. The Balaban J connectivity index is 2.06. The van der Waals surface area contributed by atoms with Crippen LogP contribution in [0.3, 0.4) is 0 Å². The Bertz CT molecular complexity index is 467. The fourth-order valence-corrected chi connectivity index (χ4v) is 3.87. The molecule has 5 heteroatoms. The minimum absolute atomic E-state index is 0.120. The fraction of sp³-hybridized carbons (Fsp3) is 0.500. The topological polar surface area (TPSA) is 55.1 Å². The number of carbonyl (C=O) groups excluding carboxylic acids is 1. The van der Waals surface area contributed by atoms with Gasteiger partial charge in [0.2, 0.25) is 0 Å². The summed E-state index contributed by atoms with van der Waals surface area (Å²) < 4.78 is 0. The van der Waals surface area contributed by atoms with E-state index in [2.05, 4.69) is 12.2 Å². The van der Waals surface area contributed by atoms with Gasteiger partial charge in [0.25, 0.3) is 5.91 Å². The molecule has 3 N–H and O–H groups in total. The van der Waals surface area contributed by atoms with Crippen LogP contribution in [0.4, 0.5) is 5.69 Å². The van der Waals surface area contributed by atoms with Gasteiger partial charge < -0.3 is 11.1 Å². The largest absolute Gasteiger partial charge is 0.399 e. The first-order valence-corrected chi connectivity index (χ1v) is 8.02. The minimum atomic E-state index is -0.120. The summed E-state index contributed by atoms with van der Waals surface area (Å²) in [5.41, 5.74) is 6.73. The van der Waals surface area contributed by atoms with Crippen molar-refractivity contribution in [2.75, 3.05) is 11.5 Å². The number of halogens is 1. The maximum Gasteiger partial charge on any atom is 0.253 e. The SMILES string of the molecule is CCSC1CCCC1NC(=O)c1cc(N)ccc1Cl. The maximum absolute atomic E-state index is 12.3. The van der Waals surface area contributed by atoms with Crippen molar-refractivity contribution >= 4 is 35.0 Å². The van der Waals surface area contributed by atoms with Gasteiger partial charge in [-0.1, -0.05) is 24.9 Å². The van der Waals surface area contributed by atoms with E-state index in [1.54, 1.807) is 18.2 Å². The van der Waals surface area contributed by atoms with Gasteiger partial charge in [-0.25, -0.2) is 0 Å². The van der Waals surface area contributed by atoms with Gasteiger partial charge in [-0.05, 0) is 36.8 Å². The number of carbonyl (C=O) groups is 1. The van der Waals surface area contributed by atoms with E-state index in [9.17, 15) is 4.79 Å². The second-order valence-electron chi connectivity index (χ2n) is 4.74. The average molecular weight is 299 g/mol. The van der Waals surface area contributed by atoms with E-state index in [1.165, 1.54) is 12.8 Å². The Labute approximate surface area is 123 Å². The highest BCUT2D eigenvalue weighted by Crippen LogP contribution is 2.30. The summed E-state index contributed by atoms with van der Waals surface area (Å²) in [4.78, 5) is 12.3. The number of nitrogens with one attached hydrogen (secondary N) is 1. The maximum atomic E-state index is 12.3. The second kappa shape index (κ2) is 6.53. The van der Waals surface area contributed by atoms with Crippen LogP contribution in [-0.4, -0.2) is 23.0 Å². The molecule has 3 nitrogen and oxygen atoms in total. The van der Waals surface area contributed by atoms with Crippen LogP contribution >= 0.6 is 23.4 Å². The molecule has 0 radical (unpaired) electrons. The third kappa shape index (κ3) is 3.57. The predicted octanol–water partition coefficient (Wildman–Crippen LogP) is 3.33. The zero-order valence-electron chi connectivity index (χ0n) is 11.0. The van der Waals surface area contributed by atoms with Crippen LogP contribution in [0.15, 0.2) is 18.2 Å². The molecular formula is C14H19ClN2OS. The number of thioether (sulfide) groups is 1. The van der Waals surface area contributed by atoms with Gasteiger partial charge in [-0.3, -0.25) is 4.79 Å². The summed E-state index contributed by atoms with van der Waals surface area (Å²) in [6, 6.07) is 5.24. The molecule has 1 amide bonds. The molecule has 0 aliphatic heterocycles. The van der Waals surface area contributed by atoms with Crippen LogP contribution in [0.2, 0.25) is 5.02 Å². The number of benzene rings is 1. The lowest BCUT2D eigenvalue weighted by Gasteiger charge is -2.20. The molecule has 2 atom stereocenters. The molecular weight excluding hydrogens is 280 g/mol. The van der Waals surface area contributed by atoms with E-state index >= 15 is 0 Å². The smallest absolute Gasteiger partial charge is 0.253 e. The van der Waals surface area contributed by atoms with Crippen molar-refractivity contribution in [3.63, 3.8) is 0 Å². The molecule has 0 saturated heterocycles. The van der Waals surface area contributed by atoms with Gasteiger partial charge in [-0.15, -0.1) is 0 Å². The Morgan fingerprint density at radius 2 is 2.32 bits per heavy atom. The van der Waals surface area contributed by atoms with Gasteiger partial charge in [0, 0.05) is 17.0 Å². The van der Waals surface area contributed by atoms with Crippen LogP contribution in [0, 0.1) is 0 Å². The van der Waals surface area contributed by atoms with Crippen molar-refractivity contribution in [2.45, 2.75) is 37.5 Å². The summed E-state index contributed by atoms with van der Waals surface area (Å²) in [5.74, 6) is 0.960. The van der Waals surface area contributed by atoms with Crippen molar-refractivity contribution < 1.29 is 4.79 Å². The molecule has 2 rings (SSSR count). The first-order valence-electron chi connectivity index (χ1n) is 6.59. The highest BCUT2D eigenvalue weighted by molar-refractivity contribution is 7.99. The normalized spacial score (nSPS) is 22.4. The van der Waals surface area contributed by atoms with Crippen molar-refractivity contribution in [2.24, 2.45) is 0 Å². The van der Waals surface area contributed by atoms with Gasteiger partial charge in [0.15, 0.2) is 0 Å². The molecule has 1 aliphatic carbocycles. The van der Waals surface area contributed by atoms with Gasteiger partial charge in [-0.2, -0.15) is 11.8 Å². The molecule has 1 fully saturated rings. The third-order valence-corrected chi connectivity index (χ3v) is 5.04. The van der Waals surface area contributed by atoms with E-state index in [0.29, 0.717) is 21.5 Å². The van der Waals surface area contributed by atoms with Crippen LogP contribution < -0.4 is 11.1 Å². The number of nitrogens with two attached hydrogens (primary N) is 1. The van der Waals surface area contributed by atoms with E-state index in [1.807, 2.05) is 11.8 Å². The van der Waals surface area contributed by atoms with Crippen LogP contribution in [0.5, 0.6) is 0 Å². The molecule has 19 heavy (non-hydrogen) atoms. The lowest BCUT2D eigenvalue weighted by molar-refractivity contribution is 0.0939. The van der Waals surface area contributed by atoms with Gasteiger partial charge in [0.05, 0.1) is 10.6 Å². The monoisotopic (exact) mass is 298 g/mol. The third-order valence-electron chi connectivity index (χ3n) is 3.38. The van der Waals surface area contributed by atoms with Crippen molar-refractivity contribution in [1.82, 2.24) is 5.32 Å². The van der Waals surface area contributed by atoms with E-state index < -0.39 is 0 Å². The van der Waals surface area contributed by atoms with E-state index in [4.69, 9.17) is 17.3 Å². The molecule has 2 unspecified atom stereocenters.